The lowest BCUT2D eigenvalue weighted by Gasteiger charge is -2.02. The van der Waals surface area contributed by atoms with Gasteiger partial charge in [0.05, 0.1) is 12.7 Å². The summed E-state index contributed by atoms with van der Waals surface area (Å²) >= 11 is 1.55. The van der Waals surface area contributed by atoms with Gasteiger partial charge in [0.15, 0.2) is 0 Å². The van der Waals surface area contributed by atoms with Crippen molar-refractivity contribution in [2.45, 2.75) is 0 Å². The fourth-order valence-electron chi connectivity index (χ4n) is 1.32. The van der Waals surface area contributed by atoms with E-state index in [-0.39, 0.29) is 5.91 Å². The van der Waals surface area contributed by atoms with Crippen molar-refractivity contribution in [1.82, 2.24) is 5.48 Å². The number of carbonyl (C=O) groups excluding carboxylic acids is 1. The number of hydroxylamine groups is 1. The quantitative estimate of drug-likeness (QED) is 0.766. The van der Waals surface area contributed by atoms with E-state index in [1.165, 1.54) is 7.11 Å². The Bertz CT molecular complexity index is 464. The Hall–Kier alpha value is -1.39. The predicted molar refractivity (Wildman–Crippen MR) is 56.3 cm³/mol. The highest BCUT2D eigenvalue weighted by Gasteiger charge is 2.09. The molecule has 1 N–H and O–H groups in total. The molecule has 0 aliphatic heterocycles. The number of benzene rings is 1. The summed E-state index contributed by atoms with van der Waals surface area (Å²) in [6.45, 7) is 0. The van der Waals surface area contributed by atoms with Crippen molar-refractivity contribution in [3.63, 3.8) is 0 Å². The standard InChI is InChI=1S/C10H9NO2S/c1-13-11-10(12)8-4-2-3-7-5-6-14-9(7)8/h2-6H,1H3,(H,11,12). The van der Waals surface area contributed by atoms with Crippen LogP contribution in [0.2, 0.25) is 0 Å². The third-order valence-electron chi connectivity index (χ3n) is 1.92. The average molecular weight is 207 g/mol. The minimum absolute atomic E-state index is 0.208. The Morgan fingerprint density at radius 2 is 2.29 bits per heavy atom. The number of fused-ring (bicyclic) bond motifs is 1. The number of hydrogen-bond donors (Lipinski definition) is 1. The molecule has 1 aromatic carbocycles. The van der Waals surface area contributed by atoms with Crippen LogP contribution < -0.4 is 5.48 Å². The van der Waals surface area contributed by atoms with Crippen molar-refractivity contribution in [2.75, 3.05) is 7.11 Å². The van der Waals surface area contributed by atoms with E-state index >= 15 is 0 Å². The molecule has 1 aromatic heterocycles. The normalized spacial score (nSPS) is 10.4. The van der Waals surface area contributed by atoms with Gasteiger partial charge in [0, 0.05) is 4.70 Å². The first-order valence-electron chi connectivity index (χ1n) is 4.12. The fraction of sp³-hybridized carbons (Fsp3) is 0.100. The maximum Gasteiger partial charge on any atom is 0.276 e. The Morgan fingerprint density at radius 1 is 1.43 bits per heavy atom. The summed E-state index contributed by atoms with van der Waals surface area (Å²) < 4.78 is 0.988. The summed E-state index contributed by atoms with van der Waals surface area (Å²) in [6.07, 6.45) is 0. The van der Waals surface area contributed by atoms with Gasteiger partial charge in [-0.25, -0.2) is 5.48 Å². The molecule has 1 heterocycles. The summed E-state index contributed by atoms with van der Waals surface area (Å²) in [4.78, 5) is 16.1. The summed E-state index contributed by atoms with van der Waals surface area (Å²) in [5.74, 6) is -0.208. The maximum atomic E-state index is 11.5. The Morgan fingerprint density at radius 3 is 3.07 bits per heavy atom. The van der Waals surface area contributed by atoms with Gasteiger partial charge in [-0.15, -0.1) is 11.3 Å². The zero-order valence-electron chi connectivity index (χ0n) is 7.61. The van der Waals surface area contributed by atoms with Crippen molar-refractivity contribution in [1.29, 1.82) is 0 Å². The van der Waals surface area contributed by atoms with Gasteiger partial charge in [-0.05, 0) is 22.9 Å². The highest BCUT2D eigenvalue weighted by atomic mass is 32.1. The van der Waals surface area contributed by atoms with Crippen molar-refractivity contribution < 1.29 is 9.63 Å². The second kappa shape index (κ2) is 3.77. The molecule has 0 radical (unpaired) electrons. The van der Waals surface area contributed by atoms with Gasteiger partial charge in [-0.1, -0.05) is 12.1 Å². The number of nitrogens with one attached hydrogen (secondary N) is 1. The van der Waals surface area contributed by atoms with Gasteiger partial charge in [0.1, 0.15) is 0 Å². The van der Waals surface area contributed by atoms with Crippen LogP contribution in [0.4, 0.5) is 0 Å². The Labute approximate surface area is 85.3 Å². The Balaban J connectivity index is 2.50. The lowest BCUT2D eigenvalue weighted by atomic mass is 10.1. The SMILES string of the molecule is CONC(=O)c1cccc2ccsc12. The van der Waals surface area contributed by atoms with E-state index in [2.05, 4.69) is 10.3 Å². The summed E-state index contributed by atoms with van der Waals surface area (Å²) in [7, 11) is 1.42. The smallest absolute Gasteiger partial charge is 0.276 e. The molecule has 0 atom stereocenters. The predicted octanol–water partition coefficient (Wildman–Crippen LogP) is 2.19. The molecule has 0 saturated heterocycles. The lowest BCUT2D eigenvalue weighted by Crippen LogP contribution is -2.21. The Kier molecular flexibility index (Phi) is 2.47. The van der Waals surface area contributed by atoms with E-state index in [4.69, 9.17) is 0 Å². The van der Waals surface area contributed by atoms with Crippen LogP contribution in [-0.2, 0) is 4.84 Å². The van der Waals surface area contributed by atoms with E-state index in [0.29, 0.717) is 5.56 Å². The zero-order valence-corrected chi connectivity index (χ0v) is 8.43. The number of carbonyl (C=O) groups is 1. The minimum Gasteiger partial charge on any atom is -0.277 e. The van der Waals surface area contributed by atoms with E-state index < -0.39 is 0 Å². The summed E-state index contributed by atoms with van der Waals surface area (Å²) in [6, 6.07) is 7.62. The van der Waals surface area contributed by atoms with Gasteiger partial charge >= 0.3 is 0 Å². The van der Waals surface area contributed by atoms with E-state index in [0.717, 1.165) is 10.1 Å². The van der Waals surface area contributed by atoms with Crippen molar-refractivity contribution in [2.24, 2.45) is 0 Å². The van der Waals surface area contributed by atoms with Crippen LogP contribution in [0, 0.1) is 0 Å². The molecular formula is C10H9NO2S. The van der Waals surface area contributed by atoms with Crippen LogP contribution in [0.15, 0.2) is 29.6 Å². The molecule has 0 bridgehead atoms. The zero-order chi connectivity index (χ0) is 9.97. The molecule has 4 heteroatoms. The monoisotopic (exact) mass is 207 g/mol. The van der Waals surface area contributed by atoms with Crippen LogP contribution >= 0.6 is 11.3 Å². The first kappa shape index (κ1) is 9.18. The summed E-state index contributed by atoms with van der Waals surface area (Å²) in [5.41, 5.74) is 2.96. The third-order valence-corrected chi connectivity index (χ3v) is 2.88. The fourth-order valence-corrected chi connectivity index (χ4v) is 2.23. The summed E-state index contributed by atoms with van der Waals surface area (Å²) in [5, 5.41) is 3.05. The second-order valence-corrected chi connectivity index (χ2v) is 3.70. The van der Waals surface area contributed by atoms with Crippen molar-refractivity contribution in [3.05, 3.63) is 35.2 Å². The van der Waals surface area contributed by atoms with E-state index in [1.54, 1.807) is 17.4 Å². The van der Waals surface area contributed by atoms with Crippen molar-refractivity contribution in [3.8, 4) is 0 Å². The molecule has 0 saturated carbocycles. The van der Waals surface area contributed by atoms with Gasteiger partial charge < -0.3 is 0 Å². The van der Waals surface area contributed by atoms with Crippen LogP contribution in [0.1, 0.15) is 10.4 Å². The number of rotatable bonds is 2. The molecule has 0 aliphatic rings. The molecule has 2 rings (SSSR count). The van der Waals surface area contributed by atoms with Gasteiger partial charge in [0.25, 0.3) is 5.91 Å². The molecule has 0 spiro atoms. The van der Waals surface area contributed by atoms with Gasteiger partial charge in [-0.2, -0.15) is 0 Å². The molecule has 14 heavy (non-hydrogen) atoms. The second-order valence-electron chi connectivity index (χ2n) is 2.78. The van der Waals surface area contributed by atoms with Crippen LogP contribution in [0.25, 0.3) is 10.1 Å². The number of amides is 1. The molecule has 3 nitrogen and oxygen atoms in total. The average Bonchev–Trinajstić information content (AvgIpc) is 2.65. The number of thiophene rings is 1. The molecule has 2 aromatic rings. The molecule has 0 unspecified atom stereocenters. The highest BCUT2D eigenvalue weighted by molar-refractivity contribution is 7.17. The van der Waals surface area contributed by atoms with Crippen LogP contribution in [-0.4, -0.2) is 13.0 Å². The third kappa shape index (κ3) is 1.49. The first-order valence-corrected chi connectivity index (χ1v) is 5.00. The maximum absolute atomic E-state index is 11.5. The molecular weight excluding hydrogens is 198 g/mol. The van der Waals surface area contributed by atoms with E-state index in [9.17, 15) is 4.79 Å². The molecule has 0 fully saturated rings. The van der Waals surface area contributed by atoms with Crippen LogP contribution in [0.3, 0.4) is 0 Å². The van der Waals surface area contributed by atoms with E-state index in [1.807, 2.05) is 23.6 Å². The van der Waals surface area contributed by atoms with Gasteiger partial charge in [0.2, 0.25) is 0 Å². The van der Waals surface area contributed by atoms with Gasteiger partial charge in [-0.3, -0.25) is 9.63 Å². The largest absolute Gasteiger partial charge is 0.277 e. The van der Waals surface area contributed by atoms with Crippen molar-refractivity contribution >= 4 is 27.3 Å². The first-order chi connectivity index (χ1) is 6.83. The lowest BCUT2D eigenvalue weighted by molar-refractivity contribution is 0.0539. The molecule has 72 valence electrons. The molecule has 1 amide bonds. The minimum atomic E-state index is -0.208. The van der Waals surface area contributed by atoms with Crippen LogP contribution in [0.5, 0.6) is 0 Å². The highest BCUT2D eigenvalue weighted by Crippen LogP contribution is 2.24. The molecule has 0 aliphatic carbocycles. The number of hydrogen-bond acceptors (Lipinski definition) is 3. The topological polar surface area (TPSA) is 38.3 Å².